The van der Waals surface area contributed by atoms with Gasteiger partial charge in [-0.05, 0) is 56.4 Å². The number of benzene rings is 1. The Balaban J connectivity index is 1.65. The van der Waals surface area contributed by atoms with Crippen molar-refractivity contribution in [1.82, 2.24) is 5.32 Å². The average molecular weight is 319 g/mol. The van der Waals surface area contributed by atoms with Gasteiger partial charge in [-0.2, -0.15) is 0 Å². The lowest BCUT2D eigenvalue weighted by atomic mass is 9.96. The summed E-state index contributed by atoms with van der Waals surface area (Å²) in [5.74, 6) is -0.211. The van der Waals surface area contributed by atoms with Crippen molar-refractivity contribution < 1.29 is 9.18 Å². The maximum atomic E-state index is 13.3. The summed E-state index contributed by atoms with van der Waals surface area (Å²) in [5, 5.41) is 3.15. The molecule has 0 radical (unpaired) electrons. The summed E-state index contributed by atoms with van der Waals surface area (Å²) in [6, 6.07) is 5.00. The van der Waals surface area contributed by atoms with Crippen LogP contribution >= 0.6 is 0 Å². The zero-order valence-electron chi connectivity index (χ0n) is 13.8. The van der Waals surface area contributed by atoms with Gasteiger partial charge in [0.1, 0.15) is 5.82 Å². The molecule has 1 unspecified atom stereocenters. The quantitative estimate of drug-likeness (QED) is 0.900. The summed E-state index contributed by atoms with van der Waals surface area (Å²) in [5.41, 5.74) is 7.55. The number of amides is 1. The number of anilines is 1. The molecular weight excluding hydrogens is 293 g/mol. The Kier molecular flexibility index (Phi) is 4.57. The number of carbonyl (C=O) groups is 1. The molecule has 1 saturated carbocycles. The van der Waals surface area contributed by atoms with Gasteiger partial charge in [0.15, 0.2) is 0 Å². The van der Waals surface area contributed by atoms with Crippen molar-refractivity contribution in [3.8, 4) is 0 Å². The van der Waals surface area contributed by atoms with Crippen LogP contribution in [0.3, 0.4) is 0 Å². The monoisotopic (exact) mass is 319 g/mol. The highest BCUT2D eigenvalue weighted by Crippen LogP contribution is 2.28. The van der Waals surface area contributed by atoms with Crippen molar-refractivity contribution in [3.05, 3.63) is 29.6 Å². The molecule has 4 nitrogen and oxygen atoms in total. The van der Waals surface area contributed by atoms with E-state index < -0.39 is 5.54 Å². The molecule has 5 heteroatoms. The smallest absolute Gasteiger partial charge is 0.240 e. The second-order valence-electron chi connectivity index (χ2n) is 7.05. The molecule has 1 heterocycles. The van der Waals surface area contributed by atoms with Gasteiger partial charge in [0, 0.05) is 24.8 Å². The van der Waals surface area contributed by atoms with Crippen LogP contribution < -0.4 is 16.0 Å². The van der Waals surface area contributed by atoms with Crippen molar-refractivity contribution in [2.75, 3.05) is 18.0 Å². The number of nitrogens with one attached hydrogen (secondary N) is 1. The van der Waals surface area contributed by atoms with E-state index in [-0.39, 0.29) is 17.8 Å². The van der Waals surface area contributed by atoms with E-state index in [0.29, 0.717) is 0 Å². The van der Waals surface area contributed by atoms with Crippen LogP contribution in [0.1, 0.15) is 44.1 Å². The number of hydrogen-bond donors (Lipinski definition) is 2. The lowest BCUT2D eigenvalue weighted by Crippen LogP contribution is -2.57. The Morgan fingerprint density at radius 1 is 1.35 bits per heavy atom. The molecule has 1 amide bonds. The molecule has 3 rings (SSSR count). The van der Waals surface area contributed by atoms with Gasteiger partial charge >= 0.3 is 0 Å². The van der Waals surface area contributed by atoms with Gasteiger partial charge in [-0.25, -0.2) is 4.39 Å². The third-order valence-electron chi connectivity index (χ3n) is 5.20. The van der Waals surface area contributed by atoms with Crippen LogP contribution in [0.2, 0.25) is 0 Å². The second-order valence-corrected chi connectivity index (χ2v) is 7.05. The van der Waals surface area contributed by atoms with E-state index in [1.165, 1.54) is 6.07 Å². The molecule has 1 atom stereocenters. The fourth-order valence-corrected chi connectivity index (χ4v) is 3.85. The van der Waals surface area contributed by atoms with Crippen molar-refractivity contribution in [3.63, 3.8) is 0 Å². The first kappa shape index (κ1) is 16.2. The van der Waals surface area contributed by atoms with Gasteiger partial charge in [0.25, 0.3) is 0 Å². The van der Waals surface area contributed by atoms with Crippen LogP contribution in [0, 0.1) is 12.7 Å². The number of piperidine rings is 1. The highest BCUT2D eigenvalue weighted by Gasteiger charge is 2.38. The first-order chi connectivity index (χ1) is 11.0. The minimum atomic E-state index is -0.673. The fraction of sp³-hybridized carbons (Fsp3) is 0.611. The molecule has 126 valence electrons. The minimum Gasteiger partial charge on any atom is -0.369 e. The zero-order chi connectivity index (χ0) is 16.4. The molecule has 0 bridgehead atoms. The van der Waals surface area contributed by atoms with Gasteiger partial charge < -0.3 is 16.0 Å². The van der Waals surface area contributed by atoms with Crippen LogP contribution in [-0.4, -0.2) is 30.6 Å². The van der Waals surface area contributed by atoms with Crippen molar-refractivity contribution >= 4 is 11.6 Å². The molecule has 2 aliphatic rings. The van der Waals surface area contributed by atoms with Crippen LogP contribution in [-0.2, 0) is 4.79 Å². The van der Waals surface area contributed by atoms with E-state index in [1.807, 2.05) is 13.0 Å². The first-order valence-corrected chi connectivity index (χ1v) is 8.59. The van der Waals surface area contributed by atoms with Gasteiger partial charge in [-0.3, -0.25) is 4.79 Å². The fourth-order valence-electron chi connectivity index (χ4n) is 3.85. The molecule has 1 saturated heterocycles. The van der Waals surface area contributed by atoms with E-state index in [0.717, 1.165) is 62.9 Å². The Labute approximate surface area is 137 Å². The summed E-state index contributed by atoms with van der Waals surface area (Å²) in [6.07, 6.45) is 5.63. The first-order valence-electron chi connectivity index (χ1n) is 8.59. The number of rotatable bonds is 3. The summed E-state index contributed by atoms with van der Waals surface area (Å²) in [7, 11) is 0. The molecule has 3 N–H and O–H groups in total. The summed E-state index contributed by atoms with van der Waals surface area (Å²) in [4.78, 5) is 14.7. The standard InChI is InChI=1S/C18H26FN3O/c1-13-11-14(19)6-7-16(13)22-10-4-5-15(12-22)21-17(23)18(20)8-2-3-9-18/h6-7,11,15H,2-5,8-10,12,20H2,1H3,(H,21,23). The molecule has 0 spiro atoms. The van der Waals surface area contributed by atoms with E-state index in [1.54, 1.807) is 6.07 Å². The van der Waals surface area contributed by atoms with Crippen LogP contribution in [0.25, 0.3) is 0 Å². The van der Waals surface area contributed by atoms with Gasteiger partial charge in [0.05, 0.1) is 5.54 Å². The van der Waals surface area contributed by atoms with Gasteiger partial charge in [-0.15, -0.1) is 0 Å². The zero-order valence-corrected chi connectivity index (χ0v) is 13.8. The van der Waals surface area contributed by atoms with E-state index in [2.05, 4.69) is 10.2 Å². The van der Waals surface area contributed by atoms with E-state index in [9.17, 15) is 9.18 Å². The topological polar surface area (TPSA) is 58.4 Å². The van der Waals surface area contributed by atoms with Crippen LogP contribution in [0.15, 0.2) is 18.2 Å². The van der Waals surface area contributed by atoms with Gasteiger partial charge in [0.2, 0.25) is 5.91 Å². The number of aryl methyl sites for hydroxylation is 1. The van der Waals surface area contributed by atoms with Crippen LogP contribution in [0.4, 0.5) is 10.1 Å². The number of nitrogens with zero attached hydrogens (tertiary/aromatic N) is 1. The molecule has 1 aliphatic heterocycles. The van der Waals surface area contributed by atoms with Crippen LogP contribution in [0.5, 0.6) is 0 Å². The van der Waals surface area contributed by atoms with E-state index in [4.69, 9.17) is 5.73 Å². The highest BCUT2D eigenvalue weighted by molar-refractivity contribution is 5.86. The summed E-state index contributed by atoms with van der Waals surface area (Å²) >= 11 is 0. The molecule has 0 aromatic heterocycles. The Hall–Kier alpha value is -1.62. The van der Waals surface area contributed by atoms with Crippen molar-refractivity contribution in [1.29, 1.82) is 0 Å². The average Bonchev–Trinajstić information content (AvgIpc) is 2.96. The maximum Gasteiger partial charge on any atom is 0.240 e. The number of nitrogens with two attached hydrogens (primary N) is 1. The van der Waals surface area contributed by atoms with Crippen molar-refractivity contribution in [2.45, 2.75) is 57.0 Å². The van der Waals surface area contributed by atoms with E-state index >= 15 is 0 Å². The van der Waals surface area contributed by atoms with Gasteiger partial charge in [-0.1, -0.05) is 12.8 Å². The maximum absolute atomic E-state index is 13.3. The van der Waals surface area contributed by atoms with Crippen molar-refractivity contribution in [2.24, 2.45) is 5.73 Å². The number of halogens is 1. The molecule has 1 aromatic rings. The normalized spacial score (nSPS) is 23.8. The number of hydrogen-bond acceptors (Lipinski definition) is 3. The molecule has 23 heavy (non-hydrogen) atoms. The molecule has 2 fully saturated rings. The lowest BCUT2D eigenvalue weighted by Gasteiger charge is -2.37. The molecular formula is C18H26FN3O. The highest BCUT2D eigenvalue weighted by atomic mass is 19.1. The SMILES string of the molecule is Cc1cc(F)ccc1N1CCCC(NC(=O)C2(N)CCCC2)C1. The minimum absolute atomic E-state index is 0.00215. The Morgan fingerprint density at radius 3 is 2.78 bits per heavy atom. The number of carbonyl (C=O) groups excluding carboxylic acids is 1. The summed E-state index contributed by atoms with van der Waals surface area (Å²) < 4.78 is 13.3. The second kappa shape index (κ2) is 6.48. The Bertz CT molecular complexity index is 584. The third kappa shape index (κ3) is 3.50. The molecule has 1 aliphatic carbocycles. The lowest BCUT2D eigenvalue weighted by molar-refractivity contribution is -0.126. The summed E-state index contributed by atoms with van der Waals surface area (Å²) in [6.45, 7) is 3.62. The predicted octanol–water partition coefficient (Wildman–Crippen LogP) is 2.49. The Morgan fingerprint density at radius 2 is 2.09 bits per heavy atom. The largest absolute Gasteiger partial charge is 0.369 e. The third-order valence-corrected chi connectivity index (χ3v) is 5.20. The molecule has 1 aromatic carbocycles. The predicted molar refractivity (Wildman–Crippen MR) is 89.9 cm³/mol.